The van der Waals surface area contributed by atoms with Gasteiger partial charge < -0.3 is 10.1 Å². The van der Waals surface area contributed by atoms with E-state index in [4.69, 9.17) is 39.5 Å². The van der Waals surface area contributed by atoms with E-state index in [1.807, 2.05) is 24.3 Å². The first-order valence-electron chi connectivity index (χ1n) is 7.75. The lowest BCUT2D eigenvalue weighted by molar-refractivity contribution is 0.102. The van der Waals surface area contributed by atoms with E-state index in [0.29, 0.717) is 38.7 Å². The largest absolute Gasteiger partial charge is 0.489 e. The normalized spacial score (nSPS) is 10.4. The Labute approximate surface area is 166 Å². The van der Waals surface area contributed by atoms with Crippen molar-refractivity contribution in [1.82, 2.24) is 0 Å². The fraction of sp³-hybridized carbons (Fsp3) is 0.0500. The average Bonchev–Trinajstić information content (AvgIpc) is 2.64. The quantitative estimate of drug-likeness (QED) is 0.526. The van der Waals surface area contributed by atoms with Crippen LogP contribution >= 0.6 is 34.8 Å². The number of benzene rings is 3. The number of carbonyl (C=O) groups is 1. The molecule has 0 aliphatic rings. The van der Waals surface area contributed by atoms with E-state index in [1.165, 1.54) is 0 Å². The van der Waals surface area contributed by atoms with Crippen molar-refractivity contribution in [3.05, 3.63) is 92.9 Å². The summed E-state index contributed by atoms with van der Waals surface area (Å²) in [6, 6.07) is 19.2. The highest BCUT2D eigenvalue weighted by Crippen LogP contribution is 2.26. The average molecular weight is 407 g/mol. The third kappa shape index (κ3) is 4.70. The van der Waals surface area contributed by atoms with Gasteiger partial charge in [0.25, 0.3) is 5.91 Å². The van der Waals surface area contributed by atoms with Crippen molar-refractivity contribution in [2.45, 2.75) is 6.61 Å². The van der Waals surface area contributed by atoms with Gasteiger partial charge in [-0.15, -0.1) is 0 Å². The van der Waals surface area contributed by atoms with Crippen LogP contribution in [-0.4, -0.2) is 5.91 Å². The van der Waals surface area contributed by atoms with Gasteiger partial charge in [-0.1, -0.05) is 53.0 Å². The smallest absolute Gasteiger partial charge is 0.255 e. The van der Waals surface area contributed by atoms with Gasteiger partial charge in [-0.25, -0.2) is 0 Å². The molecule has 132 valence electrons. The molecule has 0 bridgehead atoms. The summed E-state index contributed by atoms with van der Waals surface area (Å²) in [5.74, 6) is 0.356. The Morgan fingerprint density at radius 3 is 2.35 bits per heavy atom. The van der Waals surface area contributed by atoms with Gasteiger partial charge in [-0.2, -0.15) is 0 Å². The van der Waals surface area contributed by atoms with Gasteiger partial charge in [-0.05, 0) is 48.5 Å². The van der Waals surface area contributed by atoms with E-state index < -0.39 is 0 Å². The molecule has 3 aromatic rings. The fourth-order valence-corrected chi connectivity index (χ4v) is 2.79. The molecule has 0 unspecified atom stereocenters. The Kier molecular flexibility index (Phi) is 6.04. The van der Waals surface area contributed by atoms with Crippen LogP contribution in [0.3, 0.4) is 0 Å². The Morgan fingerprint density at radius 2 is 1.62 bits per heavy atom. The summed E-state index contributed by atoms with van der Waals surface area (Å²) in [6.45, 7) is 0.351. The molecule has 0 spiro atoms. The lowest BCUT2D eigenvalue weighted by Crippen LogP contribution is -2.12. The highest BCUT2D eigenvalue weighted by atomic mass is 35.5. The maximum absolute atomic E-state index is 12.3. The number of rotatable bonds is 5. The third-order valence-electron chi connectivity index (χ3n) is 3.65. The number of amides is 1. The van der Waals surface area contributed by atoms with Crippen molar-refractivity contribution in [2.24, 2.45) is 0 Å². The highest BCUT2D eigenvalue weighted by Gasteiger charge is 2.09. The van der Waals surface area contributed by atoms with Crippen LogP contribution in [0.1, 0.15) is 15.9 Å². The molecule has 0 saturated heterocycles. The summed E-state index contributed by atoms with van der Waals surface area (Å²) in [7, 11) is 0. The molecular formula is C20H14Cl3NO2. The number of hydrogen-bond donors (Lipinski definition) is 1. The molecule has 0 atom stereocenters. The number of nitrogens with one attached hydrogen (secondary N) is 1. The van der Waals surface area contributed by atoms with Gasteiger partial charge in [0.05, 0.1) is 10.7 Å². The van der Waals surface area contributed by atoms with Gasteiger partial charge in [-0.3, -0.25) is 4.79 Å². The summed E-state index contributed by atoms with van der Waals surface area (Å²) in [4.78, 5) is 12.3. The molecule has 1 amide bonds. The zero-order valence-electron chi connectivity index (χ0n) is 13.5. The lowest BCUT2D eigenvalue weighted by atomic mass is 10.2. The summed E-state index contributed by atoms with van der Waals surface area (Å²) < 4.78 is 5.71. The monoisotopic (exact) mass is 405 g/mol. The van der Waals surface area contributed by atoms with Gasteiger partial charge >= 0.3 is 0 Å². The van der Waals surface area contributed by atoms with Gasteiger partial charge in [0.15, 0.2) is 0 Å². The second-order valence-corrected chi connectivity index (χ2v) is 6.73. The van der Waals surface area contributed by atoms with Crippen LogP contribution in [0.4, 0.5) is 5.69 Å². The predicted molar refractivity (Wildman–Crippen MR) is 107 cm³/mol. The van der Waals surface area contributed by atoms with Crippen LogP contribution in [0.15, 0.2) is 66.7 Å². The van der Waals surface area contributed by atoms with E-state index in [2.05, 4.69) is 5.32 Å². The topological polar surface area (TPSA) is 38.3 Å². The number of hydrogen-bond acceptors (Lipinski definition) is 2. The van der Waals surface area contributed by atoms with Crippen LogP contribution < -0.4 is 10.1 Å². The van der Waals surface area contributed by atoms with E-state index >= 15 is 0 Å². The Balaban J connectivity index is 1.64. The highest BCUT2D eigenvalue weighted by molar-refractivity contribution is 6.35. The summed E-state index contributed by atoms with van der Waals surface area (Å²) in [5, 5.41) is 4.31. The number of ether oxygens (including phenoxy) is 1. The molecular weight excluding hydrogens is 393 g/mol. The third-order valence-corrected chi connectivity index (χ3v) is 4.58. The molecule has 6 heteroatoms. The second kappa shape index (κ2) is 8.45. The standard InChI is InChI=1S/C20H14Cl3NO2/c21-15-7-10-18(23)19(11-15)24-20(25)13-5-8-16(9-6-13)26-12-14-3-1-2-4-17(14)22/h1-11H,12H2,(H,24,25). The maximum Gasteiger partial charge on any atom is 0.255 e. The summed E-state index contributed by atoms with van der Waals surface area (Å²) >= 11 is 18.1. The van der Waals surface area contributed by atoms with E-state index in [-0.39, 0.29) is 5.91 Å². The molecule has 0 radical (unpaired) electrons. The first kappa shape index (κ1) is 18.6. The van der Waals surface area contributed by atoms with Crippen molar-refractivity contribution in [3.8, 4) is 5.75 Å². The molecule has 0 aliphatic heterocycles. The van der Waals surface area contributed by atoms with Crippen molar-refractivity contribution < 1.29 is 9.53 Å². The van der Waals surface area contributed by atoms with Gasteiger partial charge in [0.1, 0.15) is 12.4 Å². The molecule has 0 fully saturated rings. The second-order valence-electron chi connectivity index (χ2n) is 5.48. The van der Waals surface area contributed by atoms with Crippen LogP contribution in [0.2, 0.25) is 15.1 Å². The number of anilines is 1. The van der Waals surface area contributed by atoms with Crippen LogP contribution in [0.25, 0.3) is 0 Å². The zero-order valence-corrected chi connectivity index (χ0v) is 15.8. The molecule has 3 rings (SSSR count). The minimum atomic E-state index is -0.285. The zero-order chi connectivity index (χ0) is 18.5. The molecule has 3 aromatic carbocycles. The first-order chi connectivity index (χ1) is 12.5. The molecule has 0 heterocycles. The molecule has 26 heavy (non-hydrogen) atoms. The molecule has 0 saturated carbocycles. The Bertz CT molecular complexity index is 927. The molecule has 3 nitrogen and oxygen atoms in total. The van der Waals surface area contributed by atoms with Gasteiger partial charge in [0, 0.05) is 21.2 Å². The SMILES string of the molecule is O=C(Nc1cc(Cl)ccc1Cl)c1ccc(OCc2ccccc2Cl)cc1. The minimum absolute atomic E-state index is 0.285. The number of carbonyl (C=O) groups excluding carboxylic acids is 1. The van der Waals surface area contributed by atoms with E-state index in [0.717, 1.165) is 5.56 Å². The maximum atomic E-state index is 12.3. The number of halogens is 3. The Morgan fingerprint density at radius 1 is 0.885 bits per heavy atom. The van der Waals surface area contributed by atoms with E-state index in [9.17, 15) is 4.79 Å². The molecule has 0 aliphatic carbocycles. The Hall–Kier alpha value is -2.20. The molecule has 0 aromatic heterocycles. The fourth-order valence-electron chi connectivity index (χ4n) is 2.27. The van der Waals surface area contributed by atoms with Crippen LogP contribution in [0, 0.1) is 0 Å². The van der Waals surface area contributed by atoms with Crippen LogP contribution in [0.5, 0.6) is 5.75 Å². The van der Waals surface area contributed by atoms with Crippen LogP contribution in [-0.2, 0) is 6.61 Å². The van der Waals surface area contributed by atoms with Crippen molar-refractivity contribution >= 4 is 46.4 Å². The van der Waals surface area contributed by atoms with Crippen molar-refractivity contribution in [2.75, 3.05) is 5.32 Å². The first-order valence-corrected chi connectivity index (χ1v) is 8.89. The van der Waals surface area contributed by atoms with E-state index in [1.54, 1.807) is 42.5 Å². The summed E-state index contributed by atoms with van der Waals surface area (Å²) in [6.07, 6.45) is 0. The van der Waals surface area contributed by atoms with Crippen molar-refractivity contribution in [1.29, 1.82) is 0 Å². The van der Waals surface area contributed by atoms with Crippen molar-refractivity contribution in [3.63, 3.8) is 0 Å². The molecule has 1 N–H and O–H groups in total. The van der Waals surface area contributed by atoms with Gasteiger partial charge in [0.2, 0.25) is 0 Å². The minimum Gasteiger partial charge on any atom is -0.489 e. The summed E-state index contributed by atoms with van der Waals surface area (Å²) in [5.41, 5.74) is 1.83. The predicted octanol–water partition coefficient (Wildman–Crippen LogP) is 6.48. The lowest BCUT2D eigenvalue weighted by Gasteiger charge is -2.10.